The predicted molar refractivity (Wildman–Crippen MR) is 208 cm³/mol. The Morgan fingerprint density at radius 3 is 2.31 bits per heavy atom. The minimum Gasteiger partial charge on any atom is -0.508 e. The summed E-state index contributed by atoms with van der Waals surface area (Å²) in [6, 6.07) is 4.62. The zero-order valence-electron chi connectivity index (χ0n) is 33.4. The predicted octanol–water partition coefficient (Wildman–Crippen LogP) is 8.67. The first-order valence-corrected chi connectivity index (χ1v) is 20.8. The van der Waals surface area contributed by atoms with Gasteiger partial charge in [0.15, 0.2) is 6.61 Å². The Kier molecular flexibility index (Phi) is 16.1. The second-order valence-electron chi connectivity index (χ2n) is 16.7. The van der Waals surface area contributed by atoms with Crippen molar-refractivity contribution in [3.8, 4) is 5.75 Å². The molecule has 1 aromatic rings. The number of aryl methyl sites for hydroxylation is 1. The van der Waals surface area contributed by atoms with Gasteiger partial charge >= 0.3 is 0 Å². The van der Waals surface area contributed by atoms with Crippen LogP contribution in [0.3, 0.4) is 0 Å². The number of nitrogens with zero attached hydrogens (tertiary/aromatic N) is 1. The summed E-state index contributed by atoms with van der Waals surface area (Å²) >= 11 is 0. The fourth-order valence-corrected chi connectivity index (χ4v) is 10.7. The molecule has 6 rings (SSSR count). The summed E-state index contributed by atoms with van der Waals surface area (Å²) in [6.45, 7) is 18.4. The summed E-state index contributed by atoms with van der Waals surface area (Å²) in [4.78, 5) is 17.9. The molecule has 51 heavy (non-hydrogen) atoms. The van der Waals surface area contributed by atoms with Gasteiger partial charge in [0.05, 0.1) is 32.1 Å². The van der Waals surface area contributed by atoms with Gasteiger partial charge in [-0.3, -0.25) is 4.79 Å². The number of nitrogens with one attached hydrogen (secondary N) is 1. The Balaban J connectivity index is 0.000000909. The number of carbonyl (C=O) groups excluding carboxylic acids is 1. The second kappa shape index (κ2) is 19.8. The van der Waals surface area contributed by atoms with E-state index in [1.165, 1.54) is 68.1 Å². The van der Waals surface area contributed by atoms with Crippen LogP contribution in [0.2, 0.25) is 0 Å². The van der Waals surface area contributed by atoms with Crippen LogP contribution in [0.1, 0.15) is 148 Å². The number of unbranched alkanes of at least 4 members (excludes halogenated alkanes) is 1. The number of ether oxygens (including phenoxy) is 2. The lowest BCUT2D eigenvalue weighted by atomic mass is 9.54. The van der Waals surface area contributed by atoms with Crippen molar-refractivity contribution in [1.82, 2.24) is 5.32 Å². The molecule has 0 aromatic heterocycles. The van der Waals surface area contributed by atoms with Gasteiger partial charge in [-0.15, -0.1) is 0 Å². The molecule has 0 heterocycles. The highest BCUT2D eigenvalue weighted by molar-refractivity contribution is 5.92. The number of aromatic hydroxyl groups is 1. The quantitative estimate of drug-likeness (QED) is 0.139. The number of hydrogen-bond acceptors (Lipinski definition) is 7. The third kappa shape index (κ3) is 10.3. The van der Waals surface area contributed by atoms with Crippen LogP contribution in [-0.2, 0) is 30.9 Å². The van der Waals surface area contributed by atoms with Crippen molar-refractivity contribution < 1.29 is 24.2 Å². The van der Waals surface area contributed by atoms with Crippen molar-refractivity contribution in [2.24, 2.45) is 45.9 Å². The topological polar surface area (TPSA) is 115 Å². The largest absolute Gasteiger partial charge is 0.508 e. The van der Waals surface area contributed by atoms with Crippen molar-refractivity contribution in [3.63, 3.8) is 0 Å². The molecule has 0 aliphatic heterocycles. The molecule has 5 unspecified atom stereocenters. The summed E-state index contributed by atoms with van der Waals surface area (Å²) < 4.78 is 10.7. The molecule has 4 N–H and O–H groups in total. The SMILES string of the molecule is CC.CC1CC2CC(C1)CC(C)(c1cc3c(cc1O)CCC1C3CC[C@]3(C)/C(=N/OCC(=O)NCCOCCOCCN)CCC13)C2.CCCC. The Morgan fingerprint density at radius 1 is 0.961 bits per heavy atom. The standard InChI is InChI=1S/C37H57N3O5.C4H10.C2H6/c1-24-16-25-18-26(17-24)22-36(2,21-25)32-20-30-27(19-33(32)41)4-5-29-28(30)8-9-37(3)31(29)6-7-34(37)40-45-23-35(42)39-11-13-44-15-14-43-12-10-38;1-3-4-2;1-2/h19-20,24-26,28-29,31,41H,4-18,21-23,38H2,1-3H3,(H,39,42);3-4H2,1-2H3;1-2H3/b40-34+;;/t24?,25?,26?,28?,29?,31?,36?,37-;;/m0../s1. The van der Waals surface area contributed by atoms with Crippen molar-refractivity contribution in [2.45, 2.75) is 143 Å². The minimum atomic E-state index is -0.182. The fourth-order valence-electron chi connectivity index (χ4n) is 10.7. The number of rotatable bonds is 13. The number of hydrogen-bond donors (Lipinski definition) is 3. The Labute approximate surface area is 310 Å². The van der Waals surface area contributed by atoms with E-state index in [-0.39, 0.29) is 23.3 Å². The van der Waals surface area contributed by atoms with Crippen molar-refractivity contribution in [1.29, 1.82) is 0 Å². The van der Waals surface area contributed by atoms with Crippen LogP contribution in [-0.4, -0.2) is 62.8 Å². The first-order valence-electron chi connectivity index (χ1n) is 20.8. The molecule has 5 aliphatic carbocycles. The molecule has 0 saturated heterocycles. The van der Waals surface area contributed by atoms with Gasteiger partial charge < -0.3 is 30.5 Å². The van der Waals surface area contributed by atoms with Gasteiger partial charge in [-0.25, -0.2) is 0 Å². The minimum absolute atomic E-state index is 0.0260. The Morgan fingerprint density at radius 2 is 1.65 bits per heavy atom. The maximum Gasteiger partial charge on any atom is 0.260 e. The summed E-state index contributed by atoms with van der Waals surface area (Å²) in [5.74, 6) is 4.56. The monoisotopic (exact) mass is 712 g/mol. The third-order valence-corrected chi connectivity index (χ3v) is 12.9. The third-order valence-electron chi connectivity index (χ3n) is 12.9. The lowest BCUT2D eigenvalue weighted by Gasteiger charge is -2.50. The molecule has 1 amide bonds. The Bertz CT molecular complexity index is 1250. The number of oxime groups is 1. The highest BCUT2D eigenvalue weighted by Gasteiger charge is 2.54. The van der Waals surface area contributed by atoms with E-state index in [0.717, 1.165) is 55.6 Å². The zero-order valence-corrected chi connectivity index (χ0v) is 33.4. The first kappa shape index (κ1) is 41.6. The van der Waals surface area contributed by atoms with Gasteiger partial charge in [0.25, 0.3) is 5.91 Å². The van der Waals surface area contributed by atoms with Crippen LogP contribution >= 0.6 is 0 Å². The van der Waals surface area contributed by atoms with Crippen LogP contribution in [0.4, 0.5) is 0 Å². The molecule has 8 nitrogen and oxygen atoms in total. The van der Waals surface area contributed by atoms with Gasteiger partial charge in [0.1, 0.15) is 5.75 Å². The first-order chi connectivity index (χ1) is 24.6. The van der Waals surface area contributed by atoms with Crippen molar-refractivity contribution in [3.05, 3.63) is 28.8 Å². The molecule has 4 saturated carbocycles. The number of phenols is 1. The van der Waals surface area contributed by atoms with E-state index in [1.54, 1.807) is 0 Å². The number of amides is 1. The molecule has 4 fully saturated rings. The van der Waals surface area contributed by atoms with Crippen LogP contribution in [0.15, 0.2) is 17.3 Å². The molecular weight excluding hydrogens is 638 g/mol. The molecule has 8 heteroatoms. The van der Waals surface area contributed by atoms with Crippen molar-refractivity contribution in [2.75, 3.05) is 46.1 Å². The van der Waals surface area contributed by atoms with Gasteiger partial charge in [-0.05, 0) is 129 Å². The maximum absolute atomic E-state index is 12.3. The average molecular weight is 712 g/mol. The zero-order chi connectivity index (χ0) is 37.0. The van der Waals surface area contributed by atoms with Crippen molar-refractivity contribution >= 4 is 11.6 Å². The number of fused-ring (bicyclic) bond motifs is 7. The molecule has 5 aliphatic rings. The average Bonchev–Trinajstić information content (AvgIpc) is 3.45. The summed E-state index contributed by atoms with van der Waals surface area (Å²) in [6.07, 6.45) is 15.7. The summed E-state index contributed by atoms with van der Waals surface area (Å²) in [5, 5.41) is 18.8. The molecular formula is C43H73N3O5. The highest BCUT2D eigenvalue weighted by Crippen LogP contribution is 2.61. The van der Waals surface area contributed by atoms with Gasteiger partial charge in [0.2, 0.25) is 0 Å². The maximum atomic E-state index is 12.3. The molecule has 290 valence electrons. The molecule has 0 radical (unpaired) electrons. The van der Waals surface area contributed by atoms with E-state index in [4.69, 9.17) is 20.0 Å². The lowest BCUT2D eigenvalue weighted by molar-refractivity contribution is -0.125. The van der Waals surface area contributed by atoms with E-state index >= 15 is 0 Å². The second-order valence-corrected chi connectivity index (χ2v) is 16.7. The van der Waals surface area contributed by atoms with Crippen LogP contribution in [0.5, 0.6) is 5.75 Å². The van der Waals surface area contributed by atoms with E-state index in [1.807, 2.05) is 13.8 Å². The highest BCUT2D eigenvalue weighted by atomic mass is 16.6. The number of nitrogens with two attached hydrogens (primary N) is 1. The fraction of sp³-hybridized carbons (Fsp3) is 0.814. The molecule has 1 aromatic carbocycles. The van der Waals surface area contributed by atoms with E-state index in [0.29, 0.717) is 63.0 Å². The number of benzene rings is 1. The van der Waals surface area contributed by atoms with E-state index < -0.39 is 0 Å². The molecule has 0 spiro atoms. The number of carbonyl (C=O) groups is 1. The van der Waals surface area contributed by atoms with Crippen LogP contribution in [0.25, 0.3) is 0 Å². The normalized spacial score (nSPS) is 32.7. The van der Waals surface area contributed by atoms with E-state index in [2.05, 4.69) is 57.2 Å². The van der Waals surface area contributed by atoms with Crippen LogP contribution < -0.4 is 11.1 Å². The van der Waals surface area contributed by atoms with Gasteiger partial charge in [-0.2, -0.15) is 0 Å². The summed E-state index contributed by atoms with van der Waals surface area (Å²) in [7, 11) is 0. The Hall–Kier alpha value is -2.16. The summed E-state index contributed by atoms with van der Waals surface area (Å²) in [5.41, 5.74) is 10.8. The van der Waals surface area contributed by atoms with Crippen LogP contribution in [0, 0.1) is 35.0 Å². The van der Waals surface area contributed by atoms with Gasteiger partial charge in [-0.1, -0.05) is 72.5 Å². The molecule has 6 atom stereocenters. The number of phenolic OH excluding ortho intramolecular Hbond substituents is 1. The van der Waals surface area contributed by atoms with E-state index in [9.17, 15) is 9.90 Å². The van der Waals surface area contributed by atoms with Gasteiger partial charge in [0, 0.05) is 24.1 Å². The smallest absolute Gasteiger partial charge is 0.260 e. The lowest BCUT2D eigenvalue weighted by Crippen LogP contribution is -2.43. The molecule has 2 bridgehead atoms.